The Morgan fingerprint density at radius 2 is 1.75 bits per heavy atom. The fourth-order valence-corrected chi connectivity index (χ4v) is 2.98. The van der Waals surface area contributed by atoms with Gasteiger partial charge in [-0.2, -0.15) is 0 Å². The van der Waals surface area contributed by atoms with Crippen LogP contribution in [0, 0.1) is 0 Å². The molecular weight excluding hydrogens is 266 g/mol. The summed E-state index contributed by atoms with van der Waals surface area (Å²) in [5.74, 6) is 0.921. The highest BCUT2D eigenvalue weighted by Crippen LogP contribution is 2.36. The van der Waals surface area contributed by atoms with Crippen molar-refractivity contribution in [3.05, 3.63) is 18.1 Å². The molecule has 2 aromatic rings. The predicted molar refractivity (Wildman–Crippen MR) is 87.5 cm³/mol. The first-order valence-electron chi connectivity index (χ1n) is 7.18. The van der Waals surface area contributed by atoms with Gasteiger partial charge in [0.05, 0.1) is 5.39 Å². The third-order valence-electron chi connectivity index (χ3n) is 3.00. The van der Waals surface area contributed by atoms with Crippen LogP contribution in [0.25, 0.3) is 11.0 Å². The van der Waals surface area contributed by atoms with Gasteiger partial charge in [-0.3, -0.25) is 0 Å². The first-order chi connectivity index (χ1) is 9.12. The second kappa shape index (κ2) is 5.06. The summed E-state index contributed by atoms with van der Waals surface area (Å²) in [4.78, 5) is 9.65. The molecule has 20 heavy (non-hydrogen) atoms. The Labute approximate surface area is 126 Å². The molecule has 0 fully saturated rings. The highest BCUT2D eigenvalue weighted by atomic mass is 32.2. The Bertz CT molecular complexity index is 615. The van der Waals surface area contributed by atoms with Gasteiger partial charge in [0.2, 0.25) is 0 Å². The molecule has 2 heterocycles. The van der Waals surface area contributed by atoms with Crippen LogP contribution in [-0.4, -0.2) is 19.3 Å². The van der Waals surface area contributed by atoms with E-state index in [4.69, 9.17) is 9.97 Å². The van der Waals surface area contributed by atoms with Crippen LogP contribution < -0.4 is 0 Å². The molecule has 110 valence electrons. The van der Waals surface area contributed by atoms with E-state index >= 15 is 0 Å². The van der Waals surface area contributed by atoms with Crippen molar-refractivity contribution in [3.8, 4) is 0 Å². The molecule has 0 spiro atoms. The fraction of sp³-hybridized carbons (Fsp3) is 0.625. The molecular formula is C16H25N3S. The molecule has 3 nitrogen and oxygen atoms in total. The van der Waals surface area contributed by atoms with Crippen molar-refractivity contribution < 1.29 is 0 Å². The normalized spacial score (nSPS) is 13.2. The Morgan fingerprint density at radius 1 is 1.10 bits per heavy atom. The number of aromatic nitrogens is 3. The standard InChI is InChI=1S/C16H25N3S/c1-8-19-10-9-11-12(19)17-14(15(2,3)4)18-13(11)20-16(5,6)7/h9-10H,8H2,1-7H3. The van der Waals surface area contributed by atoms with Crippen molar-refractivity contribution in [2.24, 2.45) is 0 Å². The molecule has 0 atom stereocenters. The van der Waals surface area contributed by atoms with E-state index in [0.29, 0.717) is 0 Å². The number of thioether (sulfide) groups is 1. The number of fused-ring (bicyclic) bond motifs is 1. The summed E-state index contributed by atoms with van der Waals surface area (Å²) in [6.07, 6.45) is 2.11. The first kappa shape index (κ1) is 15.4. The van der Waals surface area contributed by atoms with Gasteiger partial charge in [0, 0.05) is 22.9 Å². The van der Waals surface area contributed by atoms with E-state index in [9.17, 15) is 0 Å². The van der Waals surface area contributed by atoms with Crippen LogP contribution in [0.2, 0.25) is 0 Å². The van der Waals surface area contributed by atoms with Crippen LogP contribution in [0.4, 0.5) is 0 Å². The zero-order valence-corrected chi connectivity index (χ0v) is 14.4. The highest BCUT2D eigenvalue weighted by Gasteiger charge is 2.23. The van der Waals surface area contributed by atoms with Gasteiger partial charge in [0.15, 0.2) is 0 Å². The van der Waals surface area contributed by atoms with Crippen LogP contribution >= 0.6 is 11.8 Å². The zero-order valence-electron chi connectivity index (χ0n) is 13.6. The summed E-state index contributed by atoms with van der Waals surface area (Å²) in [6.45, 7) is 16.2. The molecule has 4 heteroatoms. The number of aryl methyl sites for hydroxylation is 1. The molecule has 2 rings (SSSR count). The fourth-order valence-electron chi connectivity index (χ4n) is 2.00. The third-order valence-corrected chi connectivity index (χ3v) is 4.12. The Hall–Kier alpha value is -1.03. The molecule has 0 saturated heterocycles. The molecule has 0 N–H and O–H groups in total. The molecule has 0 unspecified atom stereocenters. The van der Waals surface area contributed by atoms with Crippen molar-refractivity contribution in [1.29, 1.82) is 0 Å². The molecule has 0 aliphatic carbocycles. The quantitative estimate of drug-likeness (QED) is 0.596. The second-order valence-corrected chi connectivity index (χ2v) is 8.97. The monoisotopic (exact) mass is 291 g/mol. The summed E-state index contributed by atoms with van der Waals surface area (Å²) in [5, 5.41) is 2.26. The van der Waals surface area contributed by atoms with Gasteiger partial charge in [-0.1, -0.05) is 53.3 Å². The van der Waals surface area contributed by atoms with Crippen LogP contribution in [0.3, 0.4) is 0 Å². The number of nitrogens with zero attached hydrogens (tertiary/aromatic N) is 3. The van der Waals surface area contributed by atoms with Crippen molar-refractivity contribution >= 4 is 22.8 Å². The maximum atomic E-state index is 4.84. The summed E-state index contributed by atoms with van der Waals surface area (Å²) in [6, 6.07) is 2.14. The molecule has 0 saturated carbocycles. The molecule has 0 aliphatic rings. The lowest BCUT2D eigenvalue weighted by Gasteiger charge is -2.21. The zero-order chi connectivity index (χ0) is 15.1. The number of hydrogen-bond donors (Lipinski definition) is 0. The summed E-state index contributed by atoms with van der Waals surface area (Å²) in [5.41, 5.74) is 1.02. The Morgan fingerprint density at radius 3 is 2.25 bits per heavy atom. The minimum absolute atomic E-state index is 0.0375. The van der Waals surface area contributed by atoms with Crippen LogP contribution in [0.1, 0.15) is 54.3 Å². The van der Waals surface area contributed by atoms with Crippen LogP contribution in [0.5, 0.6) is 0 Å². The maximum Gasteiger partial charge on any atom is 0.144 e. The van der Waals surface area contributed by atoms with Gasteiger partial charge in [-0.15, -0.1) is 0 Å². The SMILES string of the molecule is CCn1ccc2c(SC(C)(C)C)nc(C(C)(C)C)nc21. The third kappa shape index (κ3) is 3.17. The Kier molecular flexibility index (Phi) is 3.89. The van der Waals surface area contributed by atoms with E-state index in [1.165, 1.54) is 5.39 Å². The lowest BCUT2D eigenvalue weighted by molar-refractivity contribution is 0.540. The second-order valence-electron chi connectivity index (χ2n) is 7.16. The summed E-state index contributed by atoms with van der Waals surface area (Å²) < 4.78 is 2.34. The lowest BCUT2D eigenvalue weighted by Crippen LogP contribution is -2.18. The molecule has 2 aromatic heterocycles. The van der Waals surface area contributed by atoms with E-state index in [2.05, 4.69) is 65.3 Å². The van der Waals surface area contributed by atoms with Crippen LogP contribution in [-0.2, 0) is 12.0 Å². The minimum atomic E-state index is -0.0375. The van der Waals surface area contributed by atoms with E-state index in [0.717, 1.165) is 23.0 Å². The van der Waals surface area contributed by atoms with Crippen molar-refractivity contribution in [3.63, 3.8) is 0 Å². The smallest absolute Gasteiger partial charge is 0.144 e. The van der Waals surface area contributed by atoms with E-state index < -0.39 is 0 Å². The lowest BCUT2D eigenvalue weighted by atomic mass is 9.96. The summed E-state index contributed by atoms with van der Waals surface area (Å²) in [7, 11) is 0. The van der Waals surface area contributed by atoms with Crippen molar-refractivity contribution in [1.82, 2.24) is 14.5 Å². The first-order valence-corrected chi connectivity index (χ1v) is 8.00. The number of rotatable bonds is 2. The largest absolute Gasteiger partial charge is 0.333 e. The van der Waals surface area contributed by atoms with Crippen molar-refractivity contribution in [2.75, 3.05) is 0 Å². The number of hydrogen-bond acceptors (Lipinski definition) is 3. The highest BCUT2D eigenvalue weighted by molar-refractivity contribution is 8.00. The predicted octanol–water partition coefficient (Wildman–Crippen LogP) is 4.64. The maximum absolute atomic E-state index is 4.84. The molecule has 0 radical (unpaired) electrons. The van der Waals surface area contributed by atoms with Crippen LogP contribution in [0.15, 0.2) is 17.3 Å². The van der Waals surface area contributed by atoms with Gasteiger partial charge in [0.25, 0.3) is 0 Å². The topological polar surface area (TPSA) is 30.7 Å². The van der Waals surface area contributed by atoms with Gasteiger partial charge in [-0.05, 0) is 13.0 Å². The molecule has 0 aromatic carbocycles. The summed E-state index contributed by atoms with van der Waals surface area (Å²) >= 11 is 1.82. The van der Waals surface area contributed by atoms with E-state index in [1.54, 1.807) is 0 Å². The van der Waals surface area contributed by atoms with Gasteiger partial charge in [-0.25, -0.2) is 9.97 Å². The Balaban J connectivity index is 2.68. The van der Waals surface area contributed by atoms with Crippen molar-refractivity contribution in [2.45, 2.75) is 70.2 Å². The molecule has 0 aliphatic heterocycles. The van der Waals surface area contributed by atoms with E-state index in [1.807, 2.05) is 11.8 Å². The van der Waals surface area contributed by atoms with E-state index in [-0.39, 0.29) is 10.2 Å². The molecule has 0 bridgehead atoms. The average molecular weight is 291 g/mol. The van der Waals surface area contributed by atoms with Gasteiger partial charge in [0.1, 0.15) is 16.5 Å². The van der Waals surface area contributed by atoms with Gasteiger partial charge >= 0.3 is 0 Å². The van der Waals surface area contributed by atoms with Gasteiger partial charge < -0.3 is 4.57 Å². The molecule has 0 amide bonds. The minimum Gasteiger partial charge on any atom is -0.333 e. The average Bonchev–Trinajstić information content (AvgIpc) is 2.68.